The Morgan fingerprint density at radius 1 is 1.25 bits per heavy atom. The molecule has 3 atom stereocenters. The quantitative estimate of drug-likeness (QED) is 0.412. The van der Waals surface area contributed by atoms with Gasteiger partial charge in [-0.15, -0.1) is 0 Å². The third-order valence-corrected chi connectivity index (χ3v) is 5.71. The molecule has 0 bridgehead atoms. The van der Waals surface area contributed by atoms with Crippen LogP contribution < -0.4 is 10.5 Å². The first-order valence-corrected chi connectivity index (χ1v) is 11.3. The molecule has 0 spiro atoms. The summed E-state index contributed by atoms with van der Waals surface area (Å²) < 4.78 is 28.2. The fraction of sp³-hybridized carbons (Fsp3) is 0.300. The Kier molecular flexibility index (Phi) is 6.28. The highest BCUT2D eigenvalue weighted by Crippen LogP contribution is 2.30. The second-order valence-corrected chi connectivity index (χ2v) is 8.73. The highest BCUT2D eigenvalue weighted by atomic mass is 32.2. The Hall–Kier alpha value is -3.19. The number of nitrogens with one attached hydrogen (secondary N) is 1. The van der Waals surface area contributed by atoms with Crippen molar-refractivity contribution >= 4 is 21.9 Å². The molecule has 1 saturated carbocycles. The van der Waals surface area contributed by atoms with E-state index in [1.54, 1.807) is 16.9 Å². The van der Waals surface area contributed by atoms with Crippen LogP contribution in [0.5, 0.6) is 0 Å². The molecule has 0 amide bonds. The molecule has 2 heterocycles. The topological polar surface area (TPSA) is 162 Å². The van der Waals surface area contributed by atoms with Crippen molar-refractivity contribution < 1.29 is 22.5 Å². The summed E-state index contributed by atoms with van der Waals surface area (Å²) in [6, 6.07) is 10.8. The third kappa shape index (κ3) is 5.16. The van der Waals surface area contributed by atoms with Crippen LogP contribution in [0.4, 0.5) is 5.82 Å². The lowest BCUT2D eigenvalue weighted by Gasteiger charge is -2.15. The SMILES string of the molecule is NS(=O)(=O)OCC1CC(Nc2ncncc2C(=O)c2ccn(-c3ccccc3)n2)CC1O. The van der Waals surface area contributed by atoms with E-state index in [9.17, 15) is 18.3 Å². The van der Waals surface area contributed by atoms with Crippen molar-refractivity contribution in [2.75, 3.05) is 11.9 Å². The molecule has 1 aliphatic rings. The number of hydrogen-bond acceptors (Lipinski definition) is 9. The van der Waals surface area contributed by atoms with E-state index in [0.717, 1.165) is 5.69 Å². The van der Waals surface area contributed by atoms with Crippen molar-refractivity contribution in [3.63, 3.8) is 0 Å². The van der Waals surface area contributed by atoms with Gasteiger partial charge < -0.3 is 10.4 Å². The fourth-order valence-corrected chi connectivity index (χ4v) is 4.06. The van der Waals surface area contributed by atoms with E-state index >= 15 is 0 Å². The van der Waals surface area contributed by atoms with Crippen molar-refractivity contribution in [1.82, 2.24) is 19.7 Å². The lowest BCUT2D eigenvalue weighted by Crippen LogP contribution is -2.24. The Balaban J connectivity index is 1.48. The monoisotopic (exact) mass is 458 g/mol. The lowest BCUT2D eigenvalue weighted by atomic mass is 10.1. The Morgan fingerprint density at radius 2 is 2.03 bits per heavy atom. The molecule has 1 aromatic carbocycles. The number of anilines is 1. The maximum absolute atomic E-state index is 13.1. The van der Waals surface area contributed by atoms with Crippen molar-refractivity contribution in [3.05, 3.63) is 66.4 Å². The van der Waals surface area contributed by atoms with Crippen LogP contribution in [-0.2, 0) is 14.5 Å². The minimum atomic E-state index is -4.08. The Morgan fingerprint density at radius 3 is 2.78 bits per heavy atom. The van der Waals surface area contributed by atoms with Gasteiger partial charge >= 0.3 is 10.3 Å². The van der Waals surface area contributed by atoms with E-state index in [1.807, 2.05) is 30.3 Å². The Bertz CT molecular complexity index is 1200. The number of hydrogen-bond donors (Lipinski definition) is 3. The van der Waals surface area contributed by atoms with Gasteiger partial charge in [0.15, 0.2) is 0 Å². The van der Waals surface area contributed by atoms with Crippen LogP contribution in [0.2, 0.25) is 0 Å². The molecule has 168 valence electrons. The largest absolute Gasteiger partial charge is 0.393 e. The predicted octanol–water partition coefficient (Wildman–Crippen LogP) is 0.665. The minimum absolute atomic E-state index is 0.218. The maximum Gasteiger partial charge on any atom is 0.333 e. The summed E-state index contributed by atoms with van der Waals surface area (Å²) in [7, 11) is -4.08. The first-order chi connectivity index (χ1) is 15.3. The number of carbonyl (C=O) groups is 1. The highest BCUT2D eigenvalue weighted by Gasteiger charge is 2.34. The van der Waals surface area contributed by atoms with Gasteiger partial charge in [-0.2, -0.15) is 13.5 Å². The average molecular weight is 459 g/mol. The van der Waals surface area contributed by atoms with E-state index in [0.29, 0.717) is 18.7 Å². The van der Waals surface area contributed by atoms with E-state index in [2.05, 4.69) is 24.6 Å². The van der Waals surface area contributed by atoms with Gasteiger partial charge in [-0.05, 0) is 31.0 Å². The van der Waals surface area contributed by atoms with E-state index < -0.39 is 22.3 Å². The van der Waals surface area contributed by atoms with E-state index in [4.69, 9.17) is 5.14 Å². The zero-order chi connectivity index (χ0) is 22.7. The van der Waals surface area contributed by atoms with Crippen LogP contribution in [-0.4, -0.2) is 57.8 Å². The van der Waals surface area contributed by atoms with Crippen LogP contribution in [0.25, 0.3) is 5.69 Å². The number of nitrogens with two attached hydrogens (primary N) is 1. The molecular formula is C20H22N6O5S. The van der Waals surface area contributed by atoms with Crippen molar-refractivity contribution in [2.24, 2.45) is 11.1 Å². The van der Waals surface area contributed by atoms with Crippen molar-refractivity contribution in [3.8, 4) is 5.69 Å². The number of nitrogens with zero attached hydrogens (tertiary/aromatic N) is 4. The first kappa shape index (κ1) is 22.0. The highest BCUT2D eigenvalue weighted by molar-refractivity contribution is 7.84. The van der Waals surface area contributed by atoms with Crippen molar-refractivity contribution in [2.45, 2.75) is 25.0 Å². The number of rotatable bonds is 8. The summed E-state index contributed by atoms with van der Waals surface area (Å²) >= 11 is 0. The van der Waals surface area contributed by atoms with Gasteiger partial charge in [0.25, 0.3) is 0 Å². The molecule has 2 aromatic heterocycles. The summed E-state index contributed by atoms with van der Waals surface area (Å²) in [6.07, 6.45) is 4.39. The van der Waals surface area contributed by atoms with Gasteiger partial charge in [-0.3, -0.25) is 8.98 Å². The molecule has 1 fully saturated rings. The third-order valence-electron chi connectivity index (χ3n) is 5.24. The summed E-state index contributed by atoms with van der Waals surface area (Å²) in [5.41, 5.74) is 1.30. The molecule has 0 saturated heterocycles. The molecule has 4 N–H and O–H groups in total. The fourth-order valence-electron chi connectivity index (χ4n) is 3.69. The molecule has 32 heavy (non-hydrogen) atoms. The lowest BCUT2D eigenvalue weighted by molar-refractivity contribution is 0.101. The number of aliphatic hydroxyl groups is 1. The van der Waals surface area contributed by atoms with E-state index in [1.165, 1.54) is 12.5 Å². The minimum Gasteiger partial charge on any atom is -0.393 e. The molecule has 11 nitrogen and oxygen atoms in total. The zero-order valence-electron chi connectivity index (χ0n) is 16.9. The number of para-hydroxylation sites is 1. The standard InChI is InChI=1S/C20H22N6O5S/c21-32(29,30)31-11-13-8-14(9-18(13)27)24-20-16(10-22-12-23-20)19(28)17-6-7-26(25-17)15-4-2-1-3-5-15/h1-7,10,12-14,18,27H,8-9,11H2,(H2,21,29,30)(H,22,23,24). The van der Waals surface area contributed by atoms with Gasteiger partial charge in [0, 0.05) is 24.4 Å². The molecule has 3 aromatic rings. The van der Waals surface area contributed by atoms with Crippen LogP contribution in [0.3, 0.4) is 0 Å². The number of ketones is 1. The first-order valence-electron chi connectivity index (χ1n) is 9.87. The van der Waals surface area contributed by atoms with Crippen LogP contribution >= 0.6 is 0 Å². The maximum atomic E-state index is 13.1. The van der Waals surface area contributed by atoms with Gasteiger partial charge in [0.05, 0.1) is 24.0 Å². The smallest absolute Gasteiger partial charge is 0.333 e. The molecular weight excluding hydrogens is 436 g/mol. The molecule has 0 radical (unpaired) electrons. The molecule has 1 aliphatic carbocycles. The van der Waals surface area contributed by atoms with Gasteiger partial charge in [0.1, 0.15) is 17.8 Å². The van der Waals surface area contributed by atoms with Crippen LogP contribution in [0.15, 0.2) is 55.1 Å². The van der Waals surface area contributed by atoms with Gasteiger partial charge in [-0.1, -0.05) is 18.2 Å². The Labute approximate surface area is 184 Å². The molecule has 0 aliphatic heterocycles. The second-order valence-electron chi connectivity index (χ2n) is 7.51. The molecule has 4 rings (SSSR count). The van der Waals surface area contributed by atoms with Crippen LogP contribution in [0, 0.1) is 5.92 Å². The number of aliphatic hydroxyl groups excluding tert-OH is 1. The normalized spacial score (nSPS) is 20.9. The van der Waals surface area contributed by atoms with Crippen molar-refractivity contribution in [1.29, 1.82) is 0 Å². The summed E-state index contributed by atoms with van der Waals surface area (Å²) in [5.74, 6) is -0.465. The summed E-state index contributed by atoms with van der Waals surface area (Å²) in [5, 5.41) is 22.6. The van der Waals surface area contributed by atoms with Gasteiger partial charge in [0.2, 0.25) is 5.78 Å². The molecule has 3 unspecified atom stereocenters. The number of aromatic nitrogens is 4. The predicted molar refractivity (Wildman–Crippen MR) is 114 cm³/mol. The van der Waals surface area contributed by atoms with E-state index in [-0.39, 0.29) is 29.7 Å². The summed E-state index contributed by atoms with van der Waals surface area (Å²) in [4.78, 5) is 21.2. The number of carbonyl (C=O) groups excluding carboxylic acids is 1. The summed E-state index contributed by atoms with van der Waals surface area (Å²) in [6.45, 7) is -0.218. The average Bonchev–Trinajstić information content (AvgIpc) is 3.39. The van der Waals surface area contributed by atoms with Gasteiger partial charge in [-0.25, -0.2) is 19.8 Å². The van der Waals surface area contributed by atoms with Crippen LogP contribution in [0.1, 0.15) is 28.9 Å². The number of benzene rings is 1. The zero-order valence-corrected chi connectivity index (χ0v) is 17.7. The second kappa shape index (κ2) is 9.12. The molecule has 12 heteroatoms.